The Morgan fingerprint density at radius 1 is 1.26 bits per heavy atom. The number of nitrogens with zero attached hydrogens (tertiary/aromatic N) is 1. The number of carbonyl (C=O) groups excluding carboxylic acids is 1. The fraction of sp³-hybridized carbons (Fsp3) is 0.188. The topological polar surface area (TPSA) is 20.3 Å². The van der Waals surface area contributed by atoms with Gasteiger partial charge in [0.2, 0.25) is 0 Å². The molecule has 2 nitrogen and oxygen atoms in total. The lowest BCUT2D eigenvalue weighted by molar-refractivity contribution is 0.112. The number of para-hydroxylation sites is 1. The molecule has 0 bridgehead atoms. The highest BCUT2D eigenvalue weighted by molar-refractivity contribution is 9.10. The molecule has 0 amide bonds. The molecule has 3 rings (SSSR count). The Labute approximate surface area is 121 Å². The molecule has 96 valence electrons. The Morgan fingerprint density at radius 2 is 2.05 bits per heavy atom. The Morgan fingerprint density at radius 3 is 2.79 bits per heavy atom. The standard InChI is InChI=1S/C16H14BrNO/c1-11-8-12-4-2-3-5-16(12)18(11)14-7-6-13(10-19)15(17)9-14/h2-7,9-11H,8H2,1H3. The van der Waals surface area contributed by atoms with Crippen molar-refractivity contribution >= 4 is 33.6 Å². The van der Waals surface area contributed by atoms with Crippen LogP contribution < -0.4 is 4.90 Å². The van der Waals surface area contributed by atoms with Gasteiger partial charge in [-0.15, -0.1) is 0 Å². The lowest BCUT2D eigenvalue weighted by atomic mass is 10.1. The summed E-state index contributed by atoms with van der Waals surface area (Å²) in [5.74, 6) is 0. The quantitative estimate of drug-likeness (QED) is 0.768. The SMILES string of the molecule is CC1Cc2ccccc2N1c1ccc(C=O)c(Br)c1. The van der Waals surface area contributed by atoms with Crippen LogP contribution >= 0.6 is 15.9 Å². The van der Waals surface area contributed by atoms with Crippen molar-refractivity contribution in [1.29, 1.82) is 0 Å². The van der Waals surface area contributed by atoms with Crippen LogP contribution in [0.25, 0.3) is 0 Å². The van der Waals surface area contributed by atoms with Gasteiger partial charge in [-0.2, -0.15) is 0 Å². The zero-order chi connectivity index (χ0) is 13.4. The van der Waals surface area contributed by atoms with Gasteiger partial charge in [0.15, 0.2) is 6.29 Å². The molecular weight excluding hydrogens is 302 g/mol. The highest BCUT2D eigenvalue weighted by atomic mass is 79.9. The maximum Gasteiger partial charge on any atom is 0.151 e. The van der Waals surface area contributed by atoms with E-state index in [0.717, 1.165) is 22.9 Å². The van der Waals surface area contributed by atoms with E-state index in [-0.39, 0.29) is 0 Å². The molecule has 1 heterocycles. The summed E-state index contributed by atoms with van der Waals surface area (Å²) >= 11 is 3.46. The first-order valence-electron chi connectivity index (χ1n) is 6.32. The van der Waals surface area contributed by atoms with Crippen molar-refractivity contribution in [1.82, 2.24) is 0 Å². The third-order valence-electron chi connectivity index (χ3n) is 3.60. The molecule has 0 saturated carbocycles. The lowest BCUT2D eigenvalue weighted by Gasteiger charge is -2.25. The Bertz CT molecular complexity index is 638. The lowest BCUT2D eigenvalue weighted by Crippen LogP contribution is -2.23. The summed E-state index contributed by atoms with van der Waals surface area (Å²) in [6.07, 6.45) is 1.93. The normalized spacial score (nSPS) is 17.4. The molecule has 0 saturated heterocycles. The van der Waals surface area contributed by atoms with Crippen molar-refractivity contribution in [3.05, 3.63) is 58.1 Å². The molecule has 1 aliphatic rings. The molecule has 0 aromatic heterocycles. The predicted molar refractivity (Wildman–Crippen MR) is 81.3 cm³/mol. The Kier molecular flexibility index (Phi) is 3.15. The Balaban J connectivity index is 2.07. The van der Waals surface area contributed by atoms with Gasteiger partial charge in [0.05, 0.1) is 0 Å². The van der Waals surface area contributed by atoms with Gasteiger partial charge < -0.3 is 4.90 Å². The number of carbonyl (C=O) groups is 1. The number of halogens is 1. The second-order valence-corrected chi connectivity index (χ2v) is 5.73. The van der Waals surface area contributed by atoms with Gasteiger partial charge in [0.25, 0.3) is 0 Å². The Hall–Kier alpha value is -1.61. The summed E-state index contributed by atoms with van der Waals surface area (Å²) in [5, 5.41) is 0. The van der Waals surface area contributed by atoms with Gasteiger partial charge >= 0.3 is 0 Å². The number of fused-ring (bicyclic) bond motifs is 1. The van der Waals surface area contributed by atoms with Crippen molar-refractivity contribution in [2.45, 2.75) is 19.4 Å². The highest BCUT2D eigenvalue weighted by Gasteiger charge is 2.26. The molecule has 1 atom stereocenters. The third kappa shape index (κ3) is 2.08. The summed E-state index contributed by atoms with van der Waals surface area (Å²) < 4.78 is 0.844. The molecule has 3 heteroatoms. The third-order valence-corrected chi connectivity index (χ3v) is 4.28. The fourth-order valence-corrected chi connectivity index (χ4v) is 3.18. The van der Waals surface area contributed by atoms with E-state index < -0.39 is 0 Å². The zero-order valence-electron chi connectivity index (χ0n) is 10.6. The largest absolute Gasteiger partial charge is 0.338 e. The van der Waals surface area contributed by atoms with Crippen LogP contribution in [0, 0.1) is 0 Å². The zero-order valence-corrected chi connectivity index (χ0v) is 12.2. The summed E-state index contributed by atoms with van der Waals surface area (Å²) in [5.41, 5.74) is 4.45. The van der Waals surface area contributed by atoms with Crippen LogP contribution in [-0.4, -0.2) is 12.3 Å². The maximum absolute atomic E-state index is 10.9. The minimum atomic E-state index is 0.436. The van der Waals surface area contributed by atoms with E-state index in [9.17, 15) is 4.79 Å². The van der Waals surface area contributed by atoms with Crippen LogP contribution in [0.5, 0.6) is 0 Å². The van der Waals surface area contributed by atoms with E-state index in [1.165, 1.54) is 11.3 Å². The number of anilines is 2. The van der Waals surface area contributed by atoms with Crippen LogP contribution in [0.2, 0.25) is 0 Å². The second-order valence-electron chi connectivity index (χ2n) is 4.88. The van der Waals surface area contributed by atoms with E-state index in [4.69, 9.17) is 0 Å². The van der Waals surface area contributed by atoms with Crippen molar-refractivity contribution in [2.75, 3.05) is 4.90 Å². The minimum absolute atomic E-state index is 0.436. The van der Waals surface area contributed by atoms with Crippen LogP contribution in [0.3, 0.4) is 0 Å². The van der Waals surface area contributed by atoms with E-state index in [1.807, 2.05) is 18.2 Å². The monoisotopic (exact) mass is 315 g/mol. The molecule has 0 spiro atoms. The van der Waals surface area contributed by atoms with Crippen molar-refractivity contribution in [2.24, 2.45) is 0 Å². The van der Waals surface area contributed by atoms with Gasteiger partial charge in [0, 0.05) is 27.5 Å². The van der Waals surface area contributed by atoms with E-state index in [0.29, 0.717) is 11.6 Å². The first-order valence-corrected chi connectivity index (χ1v) is 7.12. The van der Waals surface area contributed by atoms with E-state index >= 15 is 0 Å². The molecule has 19 heavy (non-hydrogen) atoms. The van der Waals surface area contributed by atoms with Gasteiger partial charge in [0.1, 0.15) is 0 Å². The average molecular weight is 316 g/mol. The molecule has 2 aromatic rings. The first-order chi connectivity index (χ1) is 9.20. The molecule has 1 aliphatic heterocycles. The number of hydrogen-bond acceptors (Lipinski definition) is 2. The molecule has 0 fully saturated rings. The summed E-state index contributed by atoms with van der Waals surface area (Å²) in [7, 11) is 0. The average Bonchev–Trinajstić information content (AvgIpc) is 2.74. The van der Waals surface area contributed by atoms with Crippen molar-refractivity contribution in [3.63, 3.8) is 0 Å². The van der Waals surface area contributed by atoms with Crippen LogP contribution in [-0.2, 0) is 6.42 Å². The number of rotatable bonds is 2. The van der Waals surface area contributed by atoms with Crippen LogP contribution in [0.1, 0.15) is 22.8 Å². The molecule has 0 aliphatic carbocycles. The number of hydrogen-bond donors (Lipinski definition) is 0. The molecule has 2 aromatic carbocycles. The maximum atomic E-state index is 10.9. The fourth-order valence-electron chi connectivity index (χ4n) is 2.72. The number of aldehydes is 1. The van der Waals surface area contributed by atoms with E-state index in [1.54, 1.807) is 0 Å². The molecule has 0 radical (unpaired) electrons. The van der Waals surface area contributed by atoms with Gasteiger partial charge in [-0.25, -0.2) is 0 Å². The number of benzene rings is 2. The van der Waals surface area contributed by atoms with Crippen LogP contribution in [0.4, 0.5) is 11.4 Å². The summed E-state index contributed by atoms with van der Waals surface area (Å²) in [6, 6.07) is 14.8. The summed E-state index contributed by atoms with van der Waals surface area (Å²) in [6.45, 7) is 2.22. The predicted octanol–water partition coefficient (Wildman–Crippen LogP) is 4.34. The van der Waals surface area contributed by atoms with Crippen molar-refractivity contribution < 1.29 is 4.79 Å². The summed E-state index contributed by atoms with van der Waals surface area (Å²) in [4.78, 5) is 13.2. The minimum Gasteiger partial charge on any atom is -0.338 e. The van der Waals surface area contributed by atoms with E-state index in [2.05, 4.69) is 52.0 Å². The smallest absolute Gasteiger partial charge is 0.151 e. The second kappa shape index (κ2) is 4.82. The highest BCUT2D eigenvalue weighted by Crippen LogP contribution is 2.39. The van der Waals surface area contributed by atoms with Crippen LogP contribution in [0.15, 0.2) is 46.9 Å². The molecular formula is C16H14BrNO. The first kappa shape index (κ1) is 12.4. The van der Waals surface area contributed by atoms with Crippen molar-refractivity contribution in [3.8, 4) is 0 Å². The van der Waals surface area contributed by atoms with Gasteiger partial charge in [-0.3, -0.25) is 4.79 Å². The molecule has 0 N–H and O–H groups in total. The van der Waals surface area contributed by atoms with Gasteiger partial charge in [-0.1, -0.05) is 18.2 Å². The molecule has 1 unspecified atom stereocenters. The van der Waals surface area contributed by atoms with Gasteiger partial charge in [-0.05, 0) is 59.1 Å².